The van der Waals surface area contributed by atoms with E-state index in [1.54, 1.807) is 46.0 Å². The Morgan fingerprint density at radius 1 is 1.17 bits per heavy atom. The van der Waals surface area contributed by atoms with E-state index in [0.717, 1.165) is 24.5 Å². The zero-order chi connectivity index (χ0) is 31.1. The van der Waals surface area contributed by atoms with Gasteiger partial charge in [-0.3, -0.25) is 9.40 Å². The predicted molar refractivity (Wildman–Crippen MR) is 162 cm³/mol. The maximum absolute atomic E-state index is 14.1. The SMILES string of the molecule is Cn1nc(NS(C)(=O)=O)c2c(Cl)ccc(-c3cc(N)c(Br)nc3[C@H](Cc3cc(F)cc(F)c3)NC(=O)OC(C)(C)C)c21. The number of hydrogen-bond acceptors (Lipinski definition) is 7. The molecule has 42 heavy (non-hydrogen) atoms. The molecule has 1 atom stereocenters. The lowest BCUT2D eigenvalue weighted by molar-refractivity contribution is 0.0502. The number of fused-ring (bicyclic) bond motifs is 1. The Balaban J connectivity index is 1.96. The van der Waals surface area contributed by atoms with Crippen LogP contribution in [-0.4, -0.2) is 41.1 Å². The first-order valence-electron chi connectivity index (χ1n) is 12.5. The standard InChI is InChI=1S/C27H28BrClF2N6O4S/c1-27(2,3)41-26(38)33-20(10-13-8-14(30)11-15(31)9-13)22-17(12-19(32)24(28)34-22)16-6-7-18(29)21-23(16)37(4)35-25(21)36-42(5,39)40/h6-9,11-12,20H,10,32H2,1-5H3,(H,33,38)(H,35,36)/t20-/m0/s1. The van der Waals surface area contributed by atoms with Gasteiger partial charge in [0.05, 0.1) is 39.6 Å². The number of benzene rings is 2. The van der Waals surface area contributed by atoms with E-state index in [1.807, 2.05) is 0 Å². The van der Waals surface area contributed by atoms with Crippen molar-refractivity contribution in [3.05, 3.63) is 68.9 Å². The highest BCUT2D eigenvalue weighted by atomic mass is 79.9. The molecular formula is C27H28BrClF2N6O4S. The highest BCUT2D eigenvalue weighted by Crippen LogP contribution is 2.41. The summed E-state index contributed by atoms with van der Waals surface area (Å²) < 4.78 is 61.9. The van der Waals surface area contributed by atoms with E-state index in [-0.39, 0.29) is 38.8 Å². The summed E-state index contributed by atoms with van der Waals surface area (Å²) >= 11 is 9.85. The Labute approximate surface area is 254 Å². The Hall–Kier alpha value is -3.49. The molecule has 2 aromatic carbocycles. The number of sulfonamides is 1. The number of carbonyl (C=O) groups is 1. The summed E-state index contributed by atoms with van der Waals surface area (Å²) in [5.41, 5.74) is 7.53. The van der Waals surface area contributed by atoms with Gasteiger partial charge < -0.3 is 15.8 Å². The van der Waals surface area contributed by atoms with Crippen molar-refractivity contribution in [1.82, 2.24) is 20.1 Å². The number of aromatic nitrogens is 3. The molecule has 2 aromatic heterocycles. The first-order valence-corrected chi connectivity index (χ1v) is 15.5. The number of carbonyl (C=O) groups excluding carboxylic acids is 1. The molecule has 0 fully saturated rings. The molecule has 0 saturated carbocycles. The van der Waals surface area contributed by atoms with E-state index in [0.29, 0.717) is 22.0 Å². The van der Waals surface area contributed by atoms with Gasteiger partial charge in [0, 0.05) is 24.2 Å². The van der Waals surface area contributed by atoms with E-state index < -0.39 is 39.4 Å². The van der Waals surface area contributed by atoms with Crippen molar-refractivity contribution in [2.24, 2.45) is 7.05 Å². The Morgan fingerprint density at radius 3 is 2.40 bits per heavy atom. The van der Waals surface area contributed by atoms with Crippen LogP contribution in [0.2, 0.25) is 5.02 Å². The lowest BCUT2D eigenvalue weighted by Crippen LogP contribution is -2.36. The molecule has 224 valence electrons. The first kappa shape index (κ1) is 31.4. The van der Waals surface area contributed by atoms with Crippen molar-refractivity contribution in [3.63, 3.8) is 0 Å². The molecule has 15 heteroatoms. The van der Waals surface area contributed by atoms with Crippen LogP contribution in [0.25, 0.3) is 22.0 Å². The number of nitrogens with two attached hydrogens (primary N) is 1. The van der Waals surface area contributed by atoms with E-state index >= 15 is 0 Å². The van der Waals surface area contributed by atoms with Gasteiger partial charge in [-0.15, -0.1) is 0 Å². The van der Waals surface area contributed by atoms with Crippen LogP contribution in [-0.2, 0) is 28.2 Å². The van der Waals surface area contributed by atoms with Crippen molar-refractivity contribution in [1.29, 1.82) is 0 Å². The minimum absolute atomic E-state index is 0.0140. The maximum atomic E-state index is 14.1. The van der Waals surface area contributed by atoms with Crippen LogP contribution < -0.4 is 15.8 Å². The Kier molecular flexibility index (Phi) is 8.72. The number of nitrogens with one attached hydrogen (secondary N) is 2. The molecule has 4 N–H and O–H groups in total. The molecule has 0 unspecified atom stereocenters. The maximum Gasteiger partial charge on any atom is 0.408 e. The van der Waals surface area contributed by atoms with Gasteiger partial charge in [-0.05, 0) is 73.0 Å². The fraction of sp³-hybridized carbons (Fsp3) is 0.296. The van der Waals surface area contributed by atoms with Gasteiger partial charge in [-0.1, -0.05) is 17.7 Å². The largest absolute Gasteiger partial charge is 0.444 e. The van der Waals surface area contributed by atoms with Gasteiger partial charge in [0.15, 0.2) is 5.82 Å². The molecule has 0 aliphatic carbocycles. The van der Waals surface area contributed by atoms with Gasteiger partial charge in [0.1, 0.15) is 21.8 Å². The number of ether oxygens (including phenoxy) is 1. The molecule has 0 saturated heterocycles. The number of aryl methyl sites for hydroxylation is 1. The molecule has 10 nitrogen and oxygen atoms in total. The highest BCUT2D eigenvalue weighted by molar-refractivity contribution is 9.10. The molecule has 4 rings (SSSR count). The van der Waals surface area contributed by atoms with Crippen LogP contribution in [0.5, 0.6) is 0 Å². The van der Waals surface area contributed by atoms with E-state index in [2.05, 4.69) is 36.1 Å². The van der Waals surface area contributed by atoms with Gasteiger partial charge in [0.25, 0.3) is 0 Å². The number of pyridine rings is 1. The van der Waals surface area contributed by atoms with Crippen LogP contribution in [0.3, 0.4) is 0 Å². The number of alkyl carbamates (subject to hydrolysis) is 1. The van der Waals surface area contributed by atoms with Gasteiger partial charge >= 0.3 is 6.09 Å². The Bertz CT molecular complexity index is 1790. The van der Waals surface area contributed by atoms with Gasteiger partial charge in [0.2, 0.25) is 10.0 Å². The van der Waals surface area contributed by atoms with Crippen molar-refractivity contribution < 1.29 is 26.7 Å². The molecule has 0 radical (unpaired) electrons. The predicted octanol–water partition coefficient (Wildman–Crippen LogP) is 6.09. The normalized spacial score (nSPS) is 12.8. The lowest BCUT2D eigenvalue weighted by atomic mass is 9.94. The summed E-state index contributed by atoms with van der Waals surface area (Å²) in [4.78, 5) is 17.6. The number of amides is 1. The third-order valence-electron chi connectivity index (χ3n) is 5.93. The van der Waals surface area contributed by atoms with Crippen molar-refractivity contribution in [3.8, 4) is 11.1 Å². The average molecular weight is 686 g/mol. The average Bonchev–Trinajstić information content (AvgIpc) is 3.13. The molecule has 0 spiro atoms. The zero-order valence-corrected chi connectivity index (χ0v) is 26.4. The van der Waals surface area contributed by atoms with Crippen LogP contribution in [0.4, 0.5) is 25.1 Å². The number of anilines is 2. The minimum Gasteiger partial charge on any atom is -0.444 e. The monoisotopic (exact) mass is 684 g/mol. The summed E-state index contributed by atoms with van der Waals surface area (Å²) in [6.07, 6.45) is 0.129. The van der Waals surface area contributed by atoms with E-state index in [4.69, 9.17) is 22.1 Å². The van der Waals surface area contributed by atoms with Crippen LogP contribution in [0.15, 0.2) is 41.0 Å². The second kappa shape index (κ2) is 11.7. The number of hydrogen-bond donors (Lipinski definition) is 3. The first-order chi connectivity index (χ1) is 19.4. The molecule has 0 aliphatic heterocycles. The molecule has 2 heterocycles. The van der Waals surface area contributed by atoms with Crippen molar-refractivity contribution in [2.75, 3.05) is 16.7 Å². The summed E-state index contributed by atoms with van der Waals surface area (Å²) in [6.45, 7) is 5.09. The molecule has 1 amide bonds. The number of nitrogens with zero attached hydrogens (tertiary/aromatic N) is 3. The topological polar surface area (TPSA) is 141 Å². The van der Waals surface area contributed by atoms with Crippen LogP contribution >= 0.6 is 27.5 Å². The third kappa shape index (κ3) is 7.28. The van der Waals surface area contributed by atoms with Gasteiger partial charge in [-0.2, -0.15) is 5.10 Å². The molecule has 4 aromatic rings. The van der Waals surface area contributed by atoms with Crippen molar-refractivity contribution in [2.45, 2.75) is 38.8 Å². The van der Waals surface area contributed by atoms with Crippen LogP contribution in [0, 0.1) is 11.6 Å². The number of halogens is 4. The molecular weight excluding hydrogens is 658 g/mol. The second-order valence-electron chi connectivity index (χ2n) is 10.6. The Morgan fingerprint density at radius 2 is 1.81 bits per heavy atom. The van der Waals surface area contributed by atoms with E-state index in [9.17, 15) is 22.0 Å². The fourth-order valence-corrected chi connectivity index (χ4v) is 5.52. The number of nitrogen functional groups attached to an aromatic ring is 1. The van der Waals surface area contributed by atoms with Crippen LogP contribution in [0.1, 0.15) is 38.1 Å². The van der Waals surface area contributed by atoms with E-state index in [1.165, 1.54) is 4.68 Å². The number of rotatable bonds is 7. The zero-order valence-electron chi connectivity index (χ0n) is 23.2. The summed E-state index contributed by atoms with van der Waals surface area (Å²) in [5, 5.41) is 7.64. The highest BCUT2D eigenvalue weighted by Gasteiger charge is 2.28. The fourth-order valence-electron chi connectivity index (χ4n) is 4.47. The van der Waals surface area contributed by atoms with Gasteiger partial charge in [-0.25, -0.2) is 27.0 Å². The molecule has 0 aliphatic rings. The molecule has 0 bridgehead atoms. The summed E-state index contributed by atoms with van der Waals surface area (Å²) in [6, 6.07) is 6.94. The summed E-state index contributed by atoms with van der Waals surface area (Å²) in [5.74, 6) is -1.55. The second-order valence-corrected chi connectivity index (χ2v) is 13.6. The quantitative estimate of drug-likeness (QED) is 0.200. The summed E-state index contributed by atoms with van der Waals surface area (Å²) in [7, 11) is -2.09. The third-order valence-corrected chi connectivity index (χ3v) is 7.44. The van der Waals surface area contributed by atoms with Crippen molar-refractivity contribution >= 4 is 66.1 Å². The smallest absolute Gasteiger partial charge is 0.408 e. The minimum atomic E-state index is -3.70. The lowest BCUT2D eigenvalue weighted by Gasteiger charge is -2.25.